The summed E-state index contributed by atoms with van der Waals surface area (Å²) in [5, 5.41) is 11.4. The van der Waals surface area contributed by atoms with Crippen LogP contribution in [0.25, 0.3) is 6.08 Å². The van der Waals surface area contributed by atoms with Gasteiger partial charge in [0.2, 0.25) is 5.91 Å². The van der Waals surface area contributed by atoms with Gasteiger partial charge >= 0.3 is 0 Å². The Morgan fingerprint density at radius 3 is 2.81 bits per heavy atom. The predicted molar refractivity (Wildman–Crippen MR) is 165 cm³/mol. The molecule has 3 heterocycles. The van der Waals surface area contributed by atoms with Crippen LogP contribution in [0.1, 0.15) is 55.4 Å². The maximum atomic E-state index is 13.9. The van der Waals surface area contributed by atoms with E-state index < -0.39 is 0 Å². The molecule has 1 saturated carbocycles. The van der Waals surface area contributed by atoms with Crippen LogP contribution in [0.3, 0.4) is 0 Å². The Kier molecular flexibility index (Phi) is 7.24. The highest BCUT2D eigenvalue weighted by molar-refractivity contribution is 5.92. The third kappa shape index (κ3) is 4.64. The Bertz CT molecular complexity index is 1500. The van der Waals surface area contributed by atoms with E-state index >= 15 is 0 Å². The number of phenolic OH excluding ortho intramolecular Hbond substituents is 1. The Balaban J connectivity index is 1.26. The highest BCUT2D eigenvalue weighted by Gasteiger charge is 2.67. The van der Waals surface area contributed by atoms with Crippen LogP contribution in [0.5, 0.6) is 17.2 Å². The van der Waals surface area contributed by atoms with Crippen molar-refractivity contribution in [2.24, 2.45) is 11.8 Å². The van der Waals surface area contributed by atoms with E-state index in [2.05, 4.69) is 54.0 Å². The van der Waals surface area contributed by atoms with Gasteiger partial charge in [0.05, 0.1) is 25.7 Å². The number of amides is 1. The first kappa shape index (κ1) is 28.1. The molecule has 0 unspecified atom stereocenters. The fourth-order valence-electron chi connectivity index (χ4n) is 8.73. The smallest absolute Gasteiger partial charge is 0.246 e. The molecule has 43 heavy (non-hydrogen) atoms. The van der Waals surface area contributed by atoms with Gasteiger partial charge < -0.3 is 23.9 Å². The number of hydrogen-bond acceptors (Lipinski definition) is 6. The summed E-state index contributed by atoms with van der Waals surface area (Å²) in [6, 6.07) is 14.5. The van der Waals surface area contributed by atoms with Gasteiger partial charge in [0, 0.05) is 53.4 Å². The molecule has 3 aromatic rings. The van der Waals surface area contributed by atoms with Crippen LogP contribution in [0, 0.1) is 11.8 Å². The number of likely N-dealkylation sites (tertiary alicyclic amines) is 1. The summed E-state index contributed by atoms with van der Waals surface area (Å²) in [7, 11) is 1.64. The largest absolute Gasteiger partial charge is 0.508 e. The van der Waals surface area contributed by atoms with Gasteiger partial charge in [0.15, 0.2) is 11.5 Å². The lowest BCUT2D eigenvalue weighted by atomic mass is 9.50. The summed E-state index contributed by atoms with van der Waals surface area (Å²) in [5.41, 5.74) is 4.11. The molecule has 7 heteroatoms. The number of furan rings is 1. The summed E-state index contributed by atoms with van der Waals surface area (Å²) in [5.74, 6) is 2.35. The molecule has 226 valence electrons. The van der Waals surface area contributed by atoms with Crippen molar-refractivity contribution in [3.8, 4) is 17.2 Å². The zero-order valence-corrected chi connectivity index (χ0v) is 25.4. The average Bonchev–Trinajstić information content (AvgIpc) is 3.65. The first-order valence-electron chi connectivity index (χ1n) is 15.8. The molecular weight excluding hydrogens is 540 g/mol. The van der Waals surface area contributed by atoms with Gasteiger partial charge in [0.1, 0.15) is 11.9 Å². The molecular formula is C36H42N2O5. The Labute approximate surface area is 254 Å². The summed E-state index contributed by atoms with van der Waals surface area (Å²) in [6.07, 6.45) is 11.2. The first-order valence-corrected chi connectivity index (χ1v) is 15.8. The minimum absolute atomic E-state index is 0.00278. The Morgan fingerprint density at radius 1 is 1.23 bits per heavy atom. The molecule has 7 nitrogen and oxygen atoms in total. The SMILES string of the molecule is COc1cc(O)c2c3c1O[C@@H]1[C@H](N(CC(C)C)C(=O)C=Cc4ccoc4)CC[C@H]4[C@@H](C2)N(CCc2ccccc2)CC[C@]314. The van der Waals surface area contributed by atoms with Crippen LogP contribution in [0.2, 0.25) is 0 Å². The third-order valence-electron chi connectivity index (χ3n) is 10.4. The number of nitrogens with zero attached hydrogens (tertiary/aromatic N) is 2. The normalized spacial score (nSPS) is 27.3. The second kappa shape index (κ2) is 11.1. The molecule has 4 aliphatic rings. The molecule has 5 atom stereocenters. The number of hydrogen-bond donors (Lipinski definition) is 1. The number of carbonyl (C=O) groups excluding carboxylic acids is 1. The molecule has 2 aromatic carbocycles. The van der Waals surface area contributed by atoms with Gasteiger partial charge in [-0.05, 0) is 68.2 Å². The number of methoxy groups -OCH3 is 1. The fourth-order valence-corrected chi connectivity index (χ4v) is 8.73. The maximum Gasteiger partial charge on any atom is 0.246 e. The highest BCUT2D eigenvalue weighted by atomic mass is 16.5. The molecule has 2 bridgehead atoms. The van der Waals surface area contributed by atoms with Crippen LogP contribution in [-0.2, 0) is 23.1 Å². The Hall–Kier alpha value is -3.71. The maximum absolute atomic E-state index is 13.9. The minimum Gasteiger partial charge on any atom is -0.508 e. The molecule has 0 radical (unpaired) electrons. The number of piperidine rings is 1. The summed E-state index contributed by atoms with van der Waals surface area (Å²) in [4.78, 5) is 18.6. The van der Waals surface area contributed by atoms with Gasteiger partial charge in [-0.2, -0.15) is 0 Å². The lowest BCUT2D eigenvalue weighted by Crippen LogP contribution is -2.69. The predicted octanol–water partition coefficient (Wildman–Crippen LogP) is 5.84. The van der Waals surface area contributed by atoms with Crippen LogP contribution in [-0.4, -0.2) is 65.7 Å². The second-order valence-corrected chi connectivity index (χ2v) is 13.2. The van der Waals surface area contributed by atoms with Crippen molar-refractivity contribution in [3.63, 3.8) is 0 Å². The zero-order chi connectivity index (χ0) is 29.7. The van der Waals surface area contributed by atoms with E-state index in [4.69, 9.17) is 13.9 Å². The van der Waals surface area contributed by atoms with Crippen LogP contribution >= 0.6 is 0 Å². The van der Waals surface area contributed by atoms with Crippen LogP contribution < -0.4 is 9.47 Å². The van der Waals surface area contributed by atoms with Crippen LogP contribution in [0.4, 0.5) is 0 Å². The summed E-state index contributed by atoms with van der Waals surface area (Å²) >= 11 is 0. The van der Waals surface area contributed by atoms with E-state index in [9.17, 15) is 9.90 Å². The molecule has 7 rings (SSSR count). The van der Waals surface area contributed by atoms with Gasteiger partial charge in [-0.25, -0.2) is 0 Å². The van der Waals surface area contributed by atoms with Crippen molar-refractivity contribution in [2.45, 2.75) is 69.6 Å². The van der Waals surface area contributed by atoms with Crippen molar-refractivity contribution in [3.05, 3.63) is 83.3 Å². The quantitative estimate of drug-likeness (QED) is 0.320. The van der Waals surface area contributed by atoms with Crippen molar-refractivity contribution in [1.29, 1.82) is 0 Å². The molecule has 2 aliphatic heterocycles. The highest BCUT2D eigenvalue weighted by Crippen LogP contribution is 2.65. The topological polar surface area (TPSA) is 75.4 Å². The summed E-state index contributed by atoms with van der Waals surface area (Å²) in [6.45, 7) is 6.94. The number of rotatable bonds is 9. The molecule has 1 N–H and O–H groups in total. The summed E-state index contributed by atoms with van der Waals surface area (Å²) < 4.78 is 18.0. The molecule has 2 aliphatic carbocycles. The fraction of sp³-hybridized carbons (Fsp3) is 0.472. The lowest BCUT2D eigenvalue weighted by molar-refractivity contribution is -0.138. The second-order valence-electron chi connectivity index (χ2n) is 13.2. The minimum atomic E-state index is -0.268. The molecule has 2 fully saturated rings. The molecule has 1 amide bonds. The van der Waals surface area contributed by atoms with Crippen molar-refractivity contribution < 1.29 is 23.8 Å². The van der Waals surface area contributed by atoms with E-state index in [1.54, 1.807) is 31.8 Å². The number of carbonyl (C=O) groups is 1. The van der Waals surface area contributed by atoms with Crippen molar-refractivity contribution in [1.82, 2.24) is 9.80 Å². The van der Waals surface area contributed by atoms with Gasteiger partial charge in [-0.1, -0.05) is 44.2 Å². The van der Waals surface area contributed by atoms with Crippen molar-refractivity contribution in [2.75, 3.05) is 26.7 Å². The van der Waals surface area contributed by atoms with Gasteiger partial charge in [-0.3, -0.25) is 9.69 Å². The lowest BCUT2D eigenvalue weighted by Gasteiger charge is -2.60. The zero-order valence-electron chi connectivity index (χ0n) is 25.4. The average molecular weight is 583 g/mol. The van der Waals surface area contributed by atoms with E-state index in [0.717, 1.165) is 67.6 Å². The molecule has 1 aromatic heterocycles. The van der Waals surface area contributed by atoms with Gasteiger partial charge in [0.25, 0.3) is 0 Å². The molecule has 1 saturated heterocycles. The van der Waals surface area contributed by atoms with Crippen LogP contribution in [0.15, 0.2) is 65.5 Å². The Morgan fingerprint density at radius 2 is 2.07 bits per heavy atom. The van der Waals surface area contributed by atoms with E-state index in [0.29, 0.717) is 35.9 Å². The number of aromatic hydroxyl groups is 1. The molecule has 1 spiro atoms. The first-order chi connectivity index (χ1) is 20.9. The third-order valence-corrected chi connectivity index (χ3v) is 10.4. The van der Waals surface area contributed by atoms with E-state index in [1.807, 2.05) is 12.1 Å². The van der Waals surface area contributed by atoms with E-state index in [1.165, 1.54) is 5.56 Å². The monoisotopic (exact) mass is 582 g/mol. The van der Waals surface area contributed by atoms with Gasteiger partial charge in [-0.15, -0.1) is 0 Å². The van der Waals surface area contributed by atoms with E-state index in [-0.39, 0.29) is 23.5 Å². The number of benzene rings is 2. The standard InChI is InChI=1S/C36H42N2O5/c1-23(2)21-38(32(40)12-9-25-14-18-42-22-25)28-11-10-27-29-19-26-30(39)20-31(41-3)34-33(26)36(27,35(28)43-34)15-17-37(29)16-13-24-7-5-4-6-8-24/h4-9,12,14,18,20,22-23,27-29,35,39H,10-11,13,15-17,19,21H2,1-3H3/t27-,28+,29+,35+,36-/m0/s1. The number of ether oxygens (including phenoxy) is 2. The number of phenols is 1. The van der Waals surface area contributed by atoms with Crippen molar-refractivity contribution >= 4 is 12.0 Å².